The van der Waals surface area contributed by atoms with Gasteiger partial charge in [-0.2, -0.15) is 0 Å². The largest absolute Gasteiger partial charge is 0.383 e. The zero-order chi connectivity index (χ0) is 13.8. The number of hydrogen-bond donors (Lipinski definition) is 3. The topological polar surface area (TPSA) is 86.2 Å². The van der Waals surface area contributed by atoms with Crippen LogP contribution >= 0.6 is 0 Å². The Labute approximate surface area is 109 Å². The molecule has 2 atom stereocenters. The highest BCUT2D eigenvalue weighted by molar-refractivity contribution is 5.44. The fourth-order valence-corrected chi connectivity index (χ4v) is 2.15. The Morgan fingerprint density at radius 1 is 1.50 bits per heavy atom. The number of ether oxygens (including phenoxy) is 1. The Morgan fingerprint density at radius 3 is 2.67 bits per heavy atom. The van der Waals surface area contributed by atoms with Crippen LogP contribution < -0.4 is 17.0 Å². The van der Waals surface area contributed by atoms with Crippen LogP contribution in [0.3, 0.4) is 0 Å². The second-order valence-electron chi connectivity index (χ2n) is 4.69. The predicted octanol–water partition coefficient (Wildman–Crippen LogP) is 1.68. The Morgan fingerprint density at radius 2 is 2.17 bits per heavy atom. The average Bonchev–Trinajstić information content (AvgIpc) is 2.34. The third-order valence-electron chi connectivity index (χ3n) is 3.35. The smallest absolute Gasteiger partial charge is 0.128 e. The van der Waals surface area contributed by atoms with E-state index >= 15 is 0 Å². The van der Waals surface area contributed by atoms with E-state index in [1.165, 1.54) is 0 Å². The molecular formula is C13H24N4O. The third-order valence-corrected chi connectivity index (χ3v) is 3.35. The lowest BCUT2D eigenvalue weighted by Crippen LogP contribution is -2.46. The molecule has 0 radical (unpaired) electrons. The maximum Gasteiger partial charge on any atom is 0.128 e. The molecule has 18 heavy (non-hydrogen) atoms. The van der Waals surface area contributed by atoms with Gasteiger partial charge in [-0.25, -0.2) is 10.4 Å². The van der Waals surface area contributed by atoms with Crippen LogP contribution in [0.4, 0.5) is 5.82 Å². The van der Waals surface area contributed by atoms with Gasteiger partial charge in [0.25, 0.3) is 0 Å². The molecule has 5 nitrogen and oxygen atoms in total. The first-order valence-corrected chi connectivity index (χ1v) is 6.30. The molecule has 2 unspecified atom stereocenters. The summed E-state index contributed by atoms with van der Waals surface area (Å²) in [5, 5.41) is 0. The number of hydrogen-bond acceptors (Lipinski definition) is 5. The molecule has 0 saturated carbocycles. The van der Waals surface area contributed by atoms with Gasteiger partial charge in [0, 0.05) is 18.4 Å². The summed E-state index contributed by atoms with van der Waals surface area (Å²) in [6.45, 7) is 8.68. The van der Waals surface area contributed by atoms with Crippen LogP contribution in [0.25, 0.3) is 0 Å². The van der Waals surface area contributed by atoms with E-state index in [1.807, 2.05) is 26.8 Å². The van der Waals surface area contributed by atoms with Crippen molar-refractivity contribution in [2.24, 2.45) is 5.84 Å². The third kappa shape index (κ3) is 2.98. The van der Waals surface area contributed by atoms with E-state index in [1.54, 1.807) is 6.20 Å². The number of rotatable bonds is 6. The molecular weight excluding hydrogens is 228 g/mol. The van der Waals surface area contributed by atoms with Crippen LogP contribution in [0.1, 0.15) is 44.4 Å². The maximum absolute atomic E-state index is 5.95. The molecule has 0 aromatic carbocycles. The lowest BCUT2D eigenvalue weighted by molar-refractivity contribution is -0.0563. The minimum atomic E-state index is -0.410. The Kier molecular flexibility index (Phi) is 5.07. The Bertz CT molecular complexity index is 397. The number of nitrogens with two attached hydrogens (primary N) is 2. The van der Waals surface area contributed by atoms with Crippen LogP contribution in [-0.2, 0) is 4.74 Å². The number of nitrogens with zero attached hydrogens (tertiary/aromatic N) is 1. The summed E-state index contributed by atoms with van der Waals surface area (Å²) < 4.78 is 5.86. The molecule has 1 rings (SSSR count). The molecule has 1 heterocycles. The number of nitrogen functional groups attached to an aromatic ring is 1. The summed E-state index contributed by atoms with van der Waals surface area (Å²) in [4.78, 5) is 4.18. The fourth-order valence-electron chi connectivity index (χ4n) is 2.15. The van der Waals surface area contributed by atoms with Gasteiger partial charge < -0.3 is 10.5 Å². The summed E-state index contributed by atoms with van der Waals surface area (Å²) >= 11 is 0. The molecule has 5 N–H and O–H groups in total. The number of aromatic nitrogens is 1. The highest BCUT2D eigenvalue weighted by Crippen LogP contribution is 2.34. The summed E-state index contributed by atoms with van der Waals surface area (Å²) in [5.41, 5.74) is 10.3. The van der Waals surface area contributed by atoms with Crippen molar-refractivity contribution < 1.29 is 4.74 Å². The first kappa shape index (κ1) is 14.9. The summed E-state index contributed by atoms with van der Waals surface area (Å²) in [6, 6.07) is 1.81. The van der Waals surface area contributed by atoms with Crippen LogP contribution in [-0.4, -0.2) is 17.2 Å². The standard InChI is InChI=1S/C13H24N4O/c1-5-13(4,18-6-2)11(17-15)10-7-9(3)8-16-12(10)14/h7-8,11,17H,5-6,15H2,1-4H3,(H2,14,16). The molecule has 1 aromatic heterocycles. The quantitative estimate of drug-likeness (QED) is 0.530. The van der Waals surface area contributed by atoms with Gasteiger partial charge in [-0.3, -0.25) is 5.84 Å². The highest BCUT2D eigenvalue weighted by Gasteiger charge is 2.35. The van der Waals surface area contributed by atoms with Gasteiger partial charge in [-0.15, -0.1) is 0 Å². The zero-order valence-corrected chi connectivity index (χ0v) is 11.7. The molecule has 0 spiro atoms. The van der Waals surface area contributed by atoms with Crippen molar-refractivity contribution in [2.45, 2.75) is 45.8 Å². The second-order valence-corrected chi connectivity index (χ2v) is 4.69. The minimum absolute atomic E-state index is 0.185. The molecule has 0 aliphatic rings. The average molecular weight is 252 g/mol. The molecule has 0 saturated heterocycles. The molecule has 0 amide bonds. The second kappa shape index (κ2) is 6.13. The number of nitrogens with one attached hydrogen (secondary N) is 1. The molecule has 102 valence electrons. The van der Waals surface area contributed by atoms with Crippen LogP contribution in [0, 0.1) is 6.92 Å². The van der Waals surface area contributed by atoms with Gasteiger partial charge in [0.1, 0.15) is 5.82 Å². The van der Waals surface area contributed by atoms with Crippen LogP contribution in [0.15, 0.2) is 12.3 Å². The van der Waals surface area contributed by atoms with Crippen LogP contribution in [0.2, 0.25) is 0 Å². The van der Waals surface area contributed by atoms with Crippen molar-refractivity contribution in [3.8, 4) is 0 Å². The highest BCUT2D eigenvalue weighted by atomic mass is 16.5. The summed E-state index contributed by atoms with van der Waals surface area (Å²) in [5.74, 6) is 6.19. The van der Waals surface area contributed by atoms with Crippen molar-refractivity contribution >= 4 is 5.82 Å². The van der Waals surface area contributed by atoms with E-state index in [9.17, 15) is 0 Å². The zero-order valence-electron chi connectivity index (χ0n) is 11.7. The van der Waals surface area contributed by atoms with Gasteiger partial charge in [0.15, 0.2) is 0 Å². The molecule has 1 aromatic rings. The Balaban J connectivity index is 3.19. The fraction of sp³-hybridized carbons (Fsp3) is 0.615. The van der Waals surface area contributed by atoms with Crippen molar-refractivity contribution in [2.75, 3.05) is 12.3 Å². The van der Waals surface area contributed by atoms with Crippen molar-refractivity contribution in [3.05, 3.63) is 23.4 Å². The first-order chi connectivity index (χ1) is 8.48. The SMILES string of the molecule is CCOC(C)(CC)C(NN)c1cc(C)cnc1N. The molecule has 0 bridgehead atoms. The number of aryl methyl sites for hydroxylation is 1. The normalized spacial score (nSPS) is 16.3. The van der Waals surface area contributed by atoms with E-state index in [0.29, 0.717) is 12.4 Å². The summed E-state index contributed by atoms with van der Waals surface area (Å²) in [6.07, 6.45) is 2.57. The van der Waals surface area contributed by atoms with Crippen LogP contribution in [0.5, 0.6) is 0 Å². The molecule has 0 aliphatic carbocycles. The monoisotopic (exact) mass is 252 g/mol. The van der Waals surface area contributed by atoms with Gasteiger partial charge in [0.05, 0.1) is 11.6 Å². The lowest BCUT2D eigenvalue weighted by Gasteiger charge is -2.37. The van der Waals surface area contributed by atoms with E-state index in [-0.39, 0.29) is 6.04 Å². The first-order valence-electron chi connectivity index (χ1n) is 6.30. The maximum atomic E-state index is 5.95. The number of anilines is 1. The van der Waals surface area contributed by atoms with Crippen molar-refractivity contribution in [1.82, 2.24) is 10.4 Å². The van der Waals surface area contributed by atoms with Gasteiger partial charge >= 0.3 is 0 Å². The molecule has 5 heteroatoms. The van der Waals surface area contributed by atoms with E-state index in [2.05, 4.69) is 17.3 Å². The predicted molar refractivity (Wildman–Crippen MR) is 73.8 cm³/mol. The molecule has 0 aliphatic heterocycles. The van der Waals surface area contributed by atoms with Crippen molar-refractivity contribution in [1.29, 1.82) is 0 Å². The van der Waals surface area contributed by atoms with E-state index in [4.69, 9.17) is 16.3 Å². The van der Waals surface area contributed by atoms with Gasteiger partial charge in [0.2, 0.25) is 0 Å². The van der Waals surface area contributed by atoms with E-state index < -0.39 is 5.60 Å². The van der Waals surface area contributed by atoms with Gasteiger partial charge in [-0.05, 0) is 38.8 Å². The Hall–Kier alpha value is -1.17. The summed E-state index contributed by atoms with van der Waals surface area (Å²) in [7, 11) is 0. The number of hydrazine groups is 1. The van der Waals surface area contributed by atoms with Gasteiger partial charge in [-0.1, -0.05) is 6.92 Å². The molecule has 0 fully saturated rings. The van der Waals surface area contributed by atoms with Crippen molar-refractivity contribution in [3.63, 3.8) is 0 Å². The number of pyridine rings is 1. The lowest BCUT2D eigenvalue weighted by atomic mass is 9.87. The minimum Gasteiger partial charge on any atom is -0.383 e. The van der Waals surface area contributed by atoms with E-state index in [0.717, 1.165) is 17.5 Å².